The van der Waals surface area contributed by atoms with Crippen LogP contribution in [0.4, 0.5) is 11.4 Å². The number of aryl methyl sites for hydroxylation is 1. The maximum atomic E-state index is 12.8. The highest BCUT2D eigenvalue weighted by atomic mass is 32.2. The maximum absolute atomic E-state index is 12.8. The Morgan fingerprint density at radius 2 is 1.50 bits per heavy atom. The van der Waals surface area contributed by atoms with E-state index in [9.17, 15) is 13.2 Å². The second-order valence-electron chi connectivity index (χ2n) is 8.75. The van der Waals surface area contributed by atoms with Gasteiger partial charge in [-0.2, -0.15) is 0 Å². The van der Waals surface area contributed by atoms with Crippen molar-refractivity contribution in [3.63, 3.8) is 0 Å². The lowest BCUT2D eigenvalue weighted by atomic mass is 10.1. The minimum Gasteiger partial charge on any atom is -0.456 e. The minimum atomic E-state index is -3.49. The molecule has 0 unspecified atom stereocenters. The Morgan fingerprint density at radius 1 is 0.833 bits per heavy atom. The Balaban J connectivity index is 1.32. The third-order valence-electron chi connectivity index (χ3n) is 6.21. The highest BCUT2D eigenvalue weighted by Crippen LogP contribution is 2.30. The predicted molar refractivity (Wildman–Crippen MR) is 145 cm³/mol. The lowest BCUT2D eigenvalue weighted by Crippen LogP contribution is -2.29. The predicted octanol–water partition coefficient (Wildman–Crippen LogP) is 6.37. The van der Waals surface area contributed by atoms with Crippen LogP contribution in [0.5, 0.6) is 0 Å². The largest absolute Gasteiger partial charge is 0.456 e. The molecule has 5 aromatic rings. The van der Waals surface area contributed by atoms with Gasteiger partial charge in [0.2, 0.25) is 10.0 Å². The summed E-state index contributed by atoms with van der Waals surface area (Å²) >= 11 is 0. The van der Waals surface area contributed by atoms with Crippen LogP contribution in [0.1, 0.15) is 28.4 Å². The number of carbonyl (C=O) groups is 1. The standard InChI is InChI=1S/C29H26N2O4S/c1-3-20-10-15-24(16-11-20)31(36(2,33)34)19-21-8-12-22(13-9-21)29(32)30-23-14-17-26-25-6-4-5-7-27(25)35-28(26)18-23/h4-18H,3,19H2,1-2H3,(H,30,32). The summed E-state index contributed by atoms with van der Waals surface area (Å²) in [5, 5.41) is 4.94. The van der Waals surface area contributed by atoms with Gasteiger partial charge in [0.15, 0.2) is 0 Å². The molecule has 1 amide bonds. The zero-order valence-electron chi connectivity index (χ0n) is 20.1. The van der Waals surface area contributed by atoms with E-state index in [2.05, 4.69) is 12.2 Å². The molecule has 1 N–H and O–H groups in total. The molecule has 0 aliphatic rings. The number of furan rings is 1. The van der Waals surface area contributed by atoms with Gasteiger partial charge in [0, 0.05) is 28.1 Å². The molecule has 182 valence electrons. The van der Waals surface area contributed by atoms with Gasteiger partial charge in [-0.15, -0.1) is 0 Å². The van der Waals surface area contributed by atoms with Crippen LogP contribution in [0, 0.1) is 0 Å². The maximum Gasteiger partial charge on any atom is 0.255 e. The molecule has 0 aliphatic heterocycles. The molecule has 1 heterocycles. The Labute approximate surface area is 210 Å². The van der Waals surface area contributed by atoms with E-state index in [-0.39, 0.29) is 12.5 Å². The van der Waals surface area contributed by atoms with E-state index >= 15 is 0 Å². The van der Waals surface area contributed by atoms with Crippen LogP contribution >= 0.6 is 0 Å². The van der Waals surface area contributed by atoms with Gasteiger partial charge in [0.1, 0.15) is 11.2 Å². The normalized spacial score (nSPS) is 11.6. The molecule has 0 saturated heterocycles. The SMILES string of the molecule is CCc1ccc(N(Cc2ccc(C(=O)Nc3ccc4c(c3)oc3ccccc34)cc2)S(C)(=O)=O)cc1. The van der Waals surface area contributed by atoms with E-state index < -0.39 is 10.0 Å². The van der Waals surface area contributed by atoms with Gasteiger partial charge < -0.3 is 9.73 Å². The first-order chi connectivity index (χ1) is 17.3. The van der Waals surface area contributed by atoms with Crippen molar-refractivity contribution in [1.82, 2.24) is 0 Å². The molecule has 0 aliphatic carbocycles. The van der Waals surface area contributed by atoms with Crippen LogP contribution in [-0.4, -0.2) is 20.6 Å². The summed E-state index contributed by atoms with van der Waals surface area (Å²) in [7, 11) is -3.49. The Morgan fingerprint density at radius 3 is 2.19 bits per heavy atom. The number of amides is 1. The molecule has 36 heavy (non-hydrogen) atoms. The fraction of sp³-hybridized carbons (Fsp3) is 0.138. The van der Waals surface area contributed by atoms with Gasteiger partial charge in [-0.1, -0.05) is 49.4 Å². The number of sulfonamides is 1. The van der Waals surface area contributed by atoms with Crippen LogP contribution in [0.15, 0.2) is 95.4 Å². The molecular weight excluding hydrogens is 472 g/mol. The second kappa shape index (κ2) is 9.51. The van der Waals surface area contributed by atoms with Crippen LogP contribution in [0.2, 0.25) is 0 Å². The molecule has 0 bridgehead atoms. The van der Waals surface area contributed by atoms with Crippen molar-refractivity contribution in [2.24, 2.45) is 0 Å². The van der Waals surface area contributed by atoms with Gasteiger partial charge in [0.25, 0.3) is 5.91 Å². The summed E-state index contributed by atoms with van der Waals surface area (Å²) < 4.78 is 32.2. The first-order valence-corrected chi connectivity index (χ1v) is 13.5. The zero-order valence-corrected chi connectivity index (χ0v) is 20.9. The van der Waals surface area contributed by atoms with E-state index in [4.69, 9.17) is 4.42 Å². The Hall–Kier alpha value is -4.10. The van der Waals surface area contributed by atoms with Gasteiger partial charge in [0.05, 0.1) is 18.5 Å². The number of anilines is 2. The first kappa shape index (κ1) is 23.6. The Bertz CT molecular complexity index is 1650. The molecule has 0 saturated carbocycles. The third kappa shape index (κ3) is 4.83. The monoisotopic (exact) mass is 498 g/mol. The summed E-state index contributed by atoms with van der Waals surface area (Å²) in [5.41, 5.74) is 5.14. The minimum absolute atomic E-state index is 0.176. The zero-order chi connectivity index (χ0) is 25.3. The molecule has 6 nitrogen and oxygen atoms in total. The summed E-state index contributed by atoms with van der Waals surface area (Å²) in [6.45, 7) is 2.23. The Kier molecular flexibility index (Phi) is 6.24. The van der Waals surface area contributed by atoms with E-state index in [1.54, 1.807) is 24.3 Å². The number of hydrogen-bond donors (Lipinski definition) is 1. The van der Waals surface area contributed by atoms with Crippen molar-refractivity contribution in [1.29, 1.82) is 0 Å². The fourth-order valence-electron chi connectivity index (χ4n) is 4.23. The van der Waals surface area contributed by atoms with Crippen molar-refractivity contribution in [2.45, 2.75) is 19.9 Å². The van der Waals surface area contributed by atoms with E-state index in [0.29, 0.717) is 22.5 Å². The number of fused-ring (bicyclic) bond motifs is 3. The van der Waals surface area contributed by atoms with Crippen LogP contribution in [-0.2, 0) is 23.0 Å². The number of benzene rings is 4. The third-order valence-corrected chi connectivity index (χ3v) is 7.35. The number of nitrogens with zero attached hydrogens (tertiary/aromatic N) is 1. The molecule has 0 fully saturated rings. The smallest absolute Gasteiger partial charge is 0.255 e. The quantitative estimate of drug-likeness (QED) is 0.283. The molecule has 7 heteroatoms. The average Bonchev–Trinajstić information content (AvgIpc) is 3.25. The molecule has 0 radical (unpaired) electrons. The van der Waals surface area contributed by atoms with Gasteiger partial charge in [-0.3, -0.25) is 9.10 Å². The molecule has 0 spiro atoms. The van der Waals surface area contributed by atoms with E-state index in [1.165, 1.54) is 10.6 Å². The summed E-state index contributed by atoms with van der Waals surface area (Å²) in [4.78, 5) is 12.8. The number of para-hydroxylation sites is 1. The van der Waals surface area contributed by atoms with E-state index in [0.717, 1.165) is 33.9 Å². The van der Waals surface area contributed by atoms with Crippen LogP contribution in [0.25, 0.3) is 21.9 Å². The van der Waals surface area contributed by atoms with Gasteiger partial charge in [-0.25, -0.2) is 8.42 Å². The molecule has 1 aromatic heterocycles. The number of nitrogens with one attached hydrogen (secondary N) is 1. The lowest BCUT2D eigenvalue weighted by Gasteiger charge is -2.23. The van der Waals surface area contributed by atoms with Crippen LogP contribution in [0.3, 0.4) is 0 Å². The van der Waals surface area contributed by atoms with Crippen LogP contribution < -0.4 is 9.62 Å². The molecular formula is C29H26N2O4S. The average molecular weight is 499 g/mol. The summed E-state index contributed by atoms with van der Waals surface area (Å²) in [6, 6.07) is 27.9. The van der Waals surface area contributed by atoms with Crippen molar-refractivity contribution >= 4 is 49.2 Å². The summed E-state index contributed by atoms with van der Waals surface area (Å²) in [5.74, 6) is -0.257. The van der Waals surface area contributed by atoms with Crippen molar-refractivity contribution in [2.75, 3.05) is 15.9 Å². The number of rotatable bonds is 7. The second-order valence-corrected chi connectivity index (χ2v) is 10.7. The van der Waals surface area contributed by atoms with Crippen molar-refractivity contribution in [3.05, 3.63) is 108 Å². The number of carbonyl (C=O) groups excluding carboxylic acids is 1. The summed E-state index contributed by atoms with van der Waals surface area (Å²) in [6.07, 6.45) is 2.08. The highest BCUT2D eigenvalue weighted by molar-refractivity contribution is 7.92. The van der Waals surface area contributed by atoms with Gasteiger partial charge >= 0.3 is 0 Å². The molecule has 4 aromatic carbocycles. The van der Waals surface area contributed by atoms with E-state index in [1.807, 2.05) is 66.7 Å². The fourth-order valence-corrected chi connectivity index (χ4v) is 5.12. The highest BCUT2D eigenvalue weighted by Gasteiger charge is 2.18. The van der Waals surface area contributed by atoms with Gasteiger partial charge in [-0.05, 0) is 60.0 Å². The topological polar surface area (TPSA) is 79.6 Å². The van der Waals surface area contributed by atoms with Crippen molar-refractivity contribution < 1.29 is 17.6 Å². The molecule has 5 rings (SSSR count). The number of hydrogen-bond acceptors (Lipinski definition) is 4. The van der Waals surface area contributed by atoms with Crippen molar-refractivity contribution in [3.8, 4) is 0 Å². The first-order valence-electron chi connectivity index (χ1n) is 11.7. The lowest BCUT2D eigenvalue weighted by molar-refractivity contribution is 0.102. The molecule has 0 atom stereocenters.